The number of halogens is 1. The lowest BCUT2D eigenvalue weighted by atomic mass is 10.1. The van der Waals surface area contributed by atoms with Gasteiger partial charge in [-0.25, -0.2) is 0 Å². The van der Waals surface area contributed by atoms with E-state index in [2.05, 4.69) is 27.6 Å². The highest BCUT2D eigenvalue weighted by molar-refractivity contribution is 14.1. The zero-order valence-electron chi connectivity index (χ0n) is 10.6. The minimum absolute atomic E-state index is 0.275. The zero-order chi connectivity index (χ0) is 13.9. The van der Waals surface area contributed by atoms with Crippen molar-refractivity contribution in [2.75, 3.05) is 0 Å². The van der Waals surface area contributed by atoms with Crippen molar-refractivity contribution in [3.8, 4) is 5.75 Å². The lowest BCUT2D eigenvalue weighted by molar-refractivity contribution is 0.481. The van der Waals surface area contributed by atoms with Gasteiger partial charge in [0, 0.05) is 20.7 Å². The molecule has 3 heteroatoms. The highest BCUT2D eigenvalue weighted by atomic mass is 127. The molecular weight excluding hydrogens is 361 g/mol. The summed E-state index contributed by atoms with van der Waals surface area (Å²) >= 11 is 2.26. The van der Waals surface area contributed by atoms with E-state index in [1.165, 1.54) is 3.57 Å². The molecule has 0 heterocycles. The maximum Gasteiger partial charge on any atom is 0.132 e. The van der Waals surface area contributed by atoms with Gasteiger partial charge in [0.2, 0.25) is 0 Å². The van der Waals surface area contributed by atoms with E-state index in [1.54, 1.807) is 6.21 Å². The van der Waals surface area contributed by atoms with Crippen molar-refractivity contribution in [2.24, 2.45) is 4.99 Å². The Morgan fingerprint density at radius 1 is 0.900 bits per heavy atom. The first-order valence-electron chi connectivity index (χ1n) is 6.24. The van der Waals surface area contributed by atoms with Gasteiger partial charge in [0.25, 0.3) is 0 Å². The smallest absolute Gasteiger partial charge is 0.132 e. The Morgan fingerprint density at radius 3 is 2.45 bits per heavy atom. The second-order valence-electron chi connectivity index (χ2n) is 4.46. The van der Waals surface area contributed by atoms with E-state index in [1.807, 2.05) is 60.7 Å². The third-order valence-corrected chi connectivity index (χ3v) is 3.83. The largest absolute Gasteiger partial charge is 0.507 e. The van der Waals surface area contributed by atoms with E-state index in [-0.39, 0.29) is 5.75 Å². The van der Waals surface area contributed by atoms with E-state index >= 15 is 0 Å². The summed E-state index contributed by atoms with van der Waals surface area (Å²) < 4.78 is 1.18. The number of fused-ring (bicyclic) bond motifs is 1. The molecule has 20 heavy (non-hydrogen) atoms. The van der Waals surface area contributed by atoms with Crippen LogP contribution in [0.2, 0.25) is 0 Å². The molecule has 0 amide bonds. The average Bonchev–Trinajstić information content (AvgIpc) is 2.49. The number of hydrogen-bond donors (Lipinski definition) is 1. The Bertz CT molecular complexity index is 779. The molecular formula is C17H12INO. The van der Waals surface area contributed by atoms with Gasteiger partial charge < -0.3 is 5.11 Å². The normalized spacial score (nSPS) is 11.2. The van der Waals surface area contributed by atoms with Crippen molar-refractivity contribution in [3.63, 3.8) is 0 Å². The predicted molar refractivity (Wildman–Crippen MR) is 92.0 cm³/mol. The molecule has 3 aromatic carbocycles. The number of aromatic hydroxyl groups is 1. The van der Waals surface area contributed by atoms with Gasteiger partial charge in [0.1, 0.15) is 5.75 Å². The molecule has 0 aliphatic carbocycles. The SMILES string of the molecule is Oc1c(C=Nc2ccc(I)cc2)ccc2ccccc12. The molecule has 0 radical (unpaired) electrons. The van der Waals surface area contributed by atoms with Crippen LogP contribution in [0, 0.1) is 3.57 Å². The van der Waals surface area contributed by atoms with Crippen molar-refractivity contribution in [1.29, 1.82) is 0 Å². The van der Waals surface area contributed by atoms with Gasteiger partial charge in [-0.1, -0.05) is 30.3 Å². The van der Waals surface area contributed by atoms with Crippen LogP contribution in [0.25, 0.3) is 10.8 Å². The molecule has 3 aromatic rings. The minimum atomic E-state index is 0.275. The fourth-order valence-electron chi connectivity index (χ4n) is 2.05. The maximum atomic E-state index is 10.3. The summed E-state index contributed by atoms with van der Waals surface area (Å²) in [6.45, 7) is 0. The van der Waals surface area contributed by atoms with Gasteiger partial charge in [-0.05, 0) is 58.3 Å². The summed E-state index contributed by atoms with van der Waals surface area (Å²) in [6, 6.07) is 19.6. The molecule has 0 aliphatic rings. The van der Waals surface area contributed by atoms with Crippen molar-refractivity contribution in [1.82, 2.24) is 0 Å². The van der Waals surface area contributed by atoms with Crippen LogP contribution >= 0.6 is 22.6 Å². The van der Waals surface area contributed by atoms with E-state index in [9.17, 15) is 5.11 Å². The molecule has 0 atom stereocenters. The molecule has 0 saturated carbocycles. The quantitative estimate of drug-likeness (QED) is 0.503. The maximum absolute atomic E-state index is 10.3. The zero-order valence-corrected chi connectivity index (χ0v) is 12.8. The van der Waals surface area contributed by atoms with Crippen molar-refractivity contribution in [3.05, 3.63) is 69.8 Å². The number of phenolic OH excluding ortho intramolecular Hbond substituents is 1. The number of phenols is 1. The molecule has 0 spiro atoms. The monoisotopic (exact) mass is 373 g/mol. The number of benzene rings is 3. The van der Waals surface area contributed by atoms with Crippen LogP contribution in [-0.2, 0) is 0 Å². The van der Waals surface area contributed by atoms with Gasteiger partial charge in [-0.15, -0.1) is 0 Å². The van der Waals surface area contributed by atoms with Crippen LogP contribution in [0.4, 0.5) is 5.69 Å². The number of rotatable bonds is 2. The van der Waals surface area contributed by atoms with Crippen molar-refractivity contribution in [2.45, 2.75) is 0 Å². The van der Waals surface area contributed by atoms with Crippen molar-refractivity contribution >= 4 is 45.3 Å². The summed E-state index contributed by atoms with van der Waals surface area (Å²) in [4.78, 5) is 4.40. The summed E-state index contributed by atoms with van der Waals surface area (Å²) in [7, 11) is 0. The third-order valence-electron chi connectivity index (χ3n) is 3.11. The van der Waals surface area contributed by atoms with E-state index < -0.39 is 0 Å². The molecule has 98 valence electrons. The summed E-state index contributed by atoms with van der Waals surface area (Å²) in [6.07, 6.45) is 1.70. The topological polar surface area (TPSA) is 32.6 Å². The molecule has 0 saturated heterocycles. The molecule has 3 rings (SSSR count). The minimum Gasteiger partial charge on any atom is -0.507 e. The number of nitrogens with zero attached hydrogens (tertiary/aromatic N) is 1. The van der Waals surface area contributed by atoms with Gasteiger partial charge in [0.05, 0.1) is 5.69 Å². The van der Waals surface area contributed by atoms with Crippen molar-refractivity contribution < 1.29 is 5.11 Å². The average molecular weight is 373 g/mol. The second kappa shape index (κ2) is 5.63. The van der Waals surface area contributed by atoms with Crippen LogP contribution in [0.3, 0.4) is 0 Å². The summed E-state index contributed by atoms with van der Waals surface area (Å²) in [5.41, 5.74) is 1.60. The fraction of sp³-hybridized carbons (Fsp3) is 0. The fourth-order valence-corrected chi connectivity index (χ4v) is 2.41. The lowest BCUT2D eigenvalue weighted by Crippen LogP contribution is -1.84. The Balaban J connectivity index is 1.98. The Hall–Kier alpha value is -1.88. The highest BCUT2D eigenvalue weighted by Crippen LogP contribution is 2.27. The Kier molecular flexibility index (Phi) is 3.69. The van der Waals surface area contributed by atoms with Gasteiger partial charge in [-0.2, -0.15) is 0 Å². The van der Waals surface area contributed by atoms with Gasteiger partial charge in [0.15, 0.2) is 0 Å². The Labute approximate surface area is 130 Å². The van der Waals surface area contributed by atoms with Crippen LogP contribution in [0.5, 0.6) is 5.75 Å². The summed E-state index contributed by atoms with van der Waals surface area (Å²) in [5, 5.41) is 12.1. The van der Waals surface area contributed by atoms with Crippen LogP contribution in [0.15, 0.2) is 65.7 Å². The molecule has 0 aromatic heterocycles. The van der Waals surface area contributed by atoms with Crippen LogP contribution in [0.1, 0.15) is 5.56 Å². The van der Waals surface area contributed by atoms with E-state index in [0.29, 0.717) is 0 Å². The molecule has 0 fully saturated rings. The van der Waals surface area contributed by atoms with Crippen LogP contribution < -0.4 is 0 Å². The molecule has 1 N–H and O–H groups in total. The van der Waals surface area contributed by atoms with E-state index in [0.717, 1.165) is 22.0 Å². The lowest BCUT2D eigenvalue weighted by Gasteiger charge is -2.04. The van der Waals surface area contributed by atoms with Crippen LogP contribution in [-0.4, -0.2) is 11.3 Å². The molecule has 2 nitrogen and oxygen atoms in total. The molecule has 0 bridgehead atoms. The highest BCUT2D eigenvalue weighted by Gasteiger charge is 2.03. The predicted octanol–water partition coefficient (Wildman–Crippen LogP) is 4.90. The summed E-state index contributed by atoms with van der Waals surface area (Å²) in [5.74, 6) is 0.275. The van der Waals surface area contributed by atoms with E-state index in [4.69, 9.17) is 0 Å². The first kappa shape index (κ1) is 13.1. The van der Waals surface area contributed by atoms with Gasteiger partial charge >= 0.3 is 0 Å². The first-order chi connectivity index (χ1) is 9.74. The third kappa shape index (κ3) is 2.67. The van der Waals surface area contributed by atoms with Gasteiger partial charge in [-0.3, -0.25) is 4.99 Å². The second-order valence-corrected chi connectivity index (χ2v) is 5.70. The Morgan fingerprint density at radius 2 is 1.65 bits per heavy atom. The molecule has 0 unspecified atom stereocenters. The number of aliphatic imine (C=N–C) groups is 1. The first-order valence-corrected chi connectivity index (χ1v) is 7.32. The number of hydrogen-bond acceptors (Lipinski definition) is 2. The standard InChI is InChI=1S/C17H12INO/c18-14-7-9-15(10-8-14)19-11-13-6-5-12-3-1-2-4-16(12)17(13)20/h1-11,20H. The molecule has 0 aliphatic heterocycles.